The number of hydrogen-bond donors (Lipinski definition) is 1. The van der Waals surface area contributed by atoms with Gasteiger partial charge < -0.3 is 19.9 Å². The molecule has 9 heteroatoms. The highest BCUT2D eigenvalue weighted by Gasteiger charge is 2.31. The van der Waals surface area contributed by atoms with Crippen LogP contribution in [-0.2, 0) is 26.0 Å². The lowest BCUT2D eigenvalue weighted by molar-refractivity contribution is -0.117. The number of ether oxygens (including phenoxy) is 1. The maximum atomic E-state index is 13.3. The van der Waals surface area contributed by atoms with Gasteiger partial charge in [0.1, 0.15) is 0 Å². The highest BCUT2D eigenvalue weighted by Crippen LogP contribution is 2.34. The van der Waals surface area contributed by atoms with Gasteiger partial charge in [-0.15, -0.1) is 0 Å². The Balaban J connectivity index is 1.40. The van der Waals surface area contributed by atoms with Crippen molar-refractivity contribution in [1.82, 2.24) is 4.31 Å². The van der Waals surface area contributed by atoms with Crippen LogP contribution in [0.1, 0.15) is 25.3 Å². The molecule has 1 N–H and O–H groups in total. The molecule has 1 amide bonds. The first-order valence-corrected chi connectivity index (χ1v) is 13.5. The third kappa shape index (κ3) is 4.39. The molecular formula is C25H32N4O4S. The molecule has 0 aromatic heterocycles. The fourth-order valence-corrected chi connectivity index (χ4v) is 6.62. The summed E-state index contributed by atoms with van der Waals surface area (Å²) in [5.41, 5.74) is 3.77. The first kappa shape index (κ1) is 23.1. The second-order valence-electron chi connectivity index (χ2n) is 9.19. The first-order chi connectivity index (χ1) is 16.4. The van der Waals surface area contributed by atoms with Crippen LogP contribution in [0.3, 0.4) is 0 Å². The van der Waals surface area contributed by atoms with E-state index in [0.29, 0.717) is 32.0 Å². The Kier molecular flexibility index (Phi) is 6.50. The van der Waals surface area contributed by atoms with Crippen molar-refractivity contribution in [3.8, 4) is 0 Å². The third-order valence-electron chi connectivity index (χ3n) is 6.93. The van der Waals surface area contributed by atoms with E-state index in [9.17, 15) is 13.2 Å². The lowest BCUT2D eigenvalue weighted by atomic mass is 10.1. The molecule has 2 fully saturated rings. The van der Waals surface area contributed by atoms with Crippen molar-refractivity contribution in [1.29, 1.82) is 0 Å². The minimum absolute atomic E-state index is 0.0220. The predicted molar refractivity (Wildman–Crippen MR) is 133 cm³/mol. The van der Waals surface area contributed by atoms with Crippen LogP contribution < -0.4 is 15.1 Å². The average Bonchev–Trinajstić information content (AvgIpc) is 3.50. The smallest absolute Gasteiger partial charge is 0.246 e. The van der Waals surface area contributed by atoms with Crippen LogP contribution in [0.15, 0.2) is 47.4 Å². The van der Waals surface area contributed by atoms with E-state index < -0.39 is 10.0 Å². The number of morpholine rings is 1. The summed E-state index contributed by atoms with van der Waals surface area (Å²) in [5.74, 6) is -0.0220. The van der Waals surface area contributed by atoms with Crippen molar-refractivity contribution < 1.29 is 17.9 Å². The summed E-state index contributed by atoms with van der Waals surface area (Å²) in [7, 11) is -3.63. The van der Waals surface area contributed by atoms with E-state index in [1.807, 2.05) is 29.2 Å². The summed E-state index contributed by atoms with van der Waals surface area (Å²) < 4.78 is 33.3. The van der Waals surface area contributed by atoms with Gasteiger partial charge in [-0.25, -0.2) is 8.42 Å². The Bertz CT molecular complexity index is 1160. The summed E-state index contributed by atoms with van der Waals surface area (Å²) in [6.07, 6.45) is 3.05. The maximum Gasteiger partial charge on any atom is 0.246 e. The number of amides is 1. The van der Waals surface area contributed by atoms with E-state index in [1.165, 1.54) is 9.87 Å². The molecule has 0 spiro atoms. The number of nitrogens with one attached hydrogen (secondary N) is 1. The number of sulfonamides is 1. The van der Waals surface area contributed by atoms with Crippen LogP contribution in [0.2, 0.25) is 0 Å². The Morgan fingerprint density at radius 3 is 2.53 bits per heavy atom. The van der Waals surface area contributed by atoms with E-state index in [2.05, 4.69) is 23.2 Å². The summed E-state index contributed by atoms with van der Waals surface area (Å²) >= 11 is 0. The molecular weight excluding hydrogens is 452 g/mol. The maximum absolute atomic E-state index is 13.3. The lowest BCUT2D eigenvalue weighted by Gasteiger charge is -2.28. The Morgan fingerprint density at radius 1 is 1.03 bits per heavy atom. The largest absolute Gasteiger partial charge is 0.379 e. The second-order valence-corrected chi connectivity index (χ2v) is 11.1. The van der Waals surface area contributed by atoms with Crippen LogP contribution in [0.4, 0.5) is 17.1 Å². The van der Waals surface area contributed by atoms with E-state index >= 15 is 0 Å². The molecule has 0 bridgehead atoms. The third-order valence-corrected chi connectivity index (χ3v) is 8.82. The van der Waals surface area contributed by atoms with Gasteiger partial charge in [0.15, 0.2) is 0 Å². The van der Waals surface area contributed by atoms with Crippen LogP contribution >= 0.6 is 0 Å². The quantitative estimate of drug-likeness (QED) is 0.679. The summed E-state index contributed by atoms with van der Waals surface area (Å²) in [6.45, 7) is 5.51. The van der Waals surface area contributed by atoms with E-state index in [0.717, 1.165) is 43.7 Å². The zero-order valence-electron chi connectivity index (χ0n) is 19.6. The van der Waals surface area contributed by atoms with Gasteiger partial charge in [-0.05, 0) is 56.0 Å². The SMILES string of the molecule is CC1Cc2ccccc2N1C(=O)CNc1cc(S(=O)(=O)N2CCOCC2)ccc1N1CCCC1. The van der Waals surface area contributed by atoms with Gasteiger partial charge >= 0.3 is 0 Å². The van der Waals surface area contributed by atoms with Crippen molar-refractivity contribution in [3.05, 3.63) is 48.0 Å². The summed E-state index contributed by atoms with van der Waals surface area (Å²) in [4.78, 5) is 17.6. The fraction of sp³-hybridized carbons (Fsp3) is 0.480. The molecule has 1 atom stereocenters. The Morgan fingerprint density at radius 2 is 1.76 bits per heavy atom. The standard InChI is InChI=1S/C25H32N4O4S/c1-19-16-20-6-2-3-7-23(20)29(19)25(30)18-26-22-17-21(8-9-24(22)27-10-4-5-11-27)34(31,32)28-12-14-33-15-13-28/h2-3,6-9,17,19,26H,4-5,10-16,18H2,1H3. The normalized spacial score (nSPS) is 21.0. The molecule has 2 saturated heterocycles. The van der Waals surface area contributed by atoms with Crippen LogP contribution in [0, 0.1) is 0 Å². The highest BCUT2D eigenvalue weighted by atomic mass is 32.2. The molecule has 0 radical (unpaired) electrons. The monoisotopic (exact) mass is 484 g/mol. The van der Waals surface area contributed by atoms with E-state index in [-0.39, 0.29) is 23.4 Å². The minimum Gasteiger partial charge on any atom is -0.379 e. The highest BCUT2D eigenvalue weighted by molar-refractivity contribution is 7.89. The number of hydrogen-bond acceptors (Lipinski definition) is 6. The molecule has 0 aliphatic carbocycles. The van der Waals surface area contributed by atoms with Crippen LogP contribution in [-0.4, -0.2) is 70.6 Å². The molecule has 3 aliphatic heterocycles. The van der Waals surface area contributed by atoms with Crippen LogP contribution in [0.5, 0.6) is 0 Å². The number of nitrogens with zero attached hydrogens (tertiary/aromatic N) is 3. The van der Waals surface area contributed by atoms with E-state index in [4.69, 9.17) is 4.74 Å². The zero-order chi connectivity index (χ0) is 23.7. The molecule has 182 valence electrons. The first-order valence-electron chi connectivity index (χ1n) is 12.1. The fourth-order valence-electron chi connectivity index (χ4n) is 5.19. The molecule has 5 rings (SSSR count). The van der Waals surface area contributed by atoms with Crippen molar-refractivity contribution in [2.45, 2.75) is 37.1 Å². The van der Waals surface area contributed by atoms with Gasteiger partial charge in [-0.3, -0.25) is 4.79 Å². The predicted octanol–water partition coefficient (Wildman–Crippen LogP) is 2.70. The van der Waals surface area contributed by atoms with E-state index in [1.54, 1.807) is 12.1 Å². The van der Waals surface area contributed by atoms with Crippen molar-refractivity contribution >= 4 is 33.0 Å². The van der Waals surface area contributed by atoms with Crippen LogP contribution in [0.25, 0.3) is 0 Å². The lowest BCUT2D eigenvalue weighted by Crippen LogP contribution is -2.40. The molecule has 34 heavy (non-hydrogen) atoms. The van der Waals surface area contributed by atoms with Crippen molar-refractivity contribution in [2.75, 3.05) is 61.1 Å². The number of para-hydroxylation sites is 1. The number of carbonyl (C=O) groups is 1. The number of rotatable bonds is 6. The summed E-state index contributed by atoms with van der Waals surface area (Å²) in [5, 5.41) is 3.29. The average molecular weight is 485 g/mol. The number of fused-ring (bicyclic) bond motifs is 1. The Labute approximate surface area is 201 Å². The van der Waals surface area contributed by atoms with Gasteiger partial charge in [0, 0.05) is 37.9 Å². The van der Waals surface area contributed by atoms with Gasteiger partial charge in [0.05, 0.1) is 36.0 Å². The van der Waals surface area contributed by atoms with Gasteiger partial charge in [0.2, 0.25) is 15.9 Å². The minimum atomic E-state index is -3.63. The van der Waals surface area contributed by atoms with Gasteiger partial charge in [-0.1, -0.05) is 18.2 Å². The van der Waals surface area contributed by atoms with Gasteiger partial charge in [-0.2, -0.15) is 4.31 Å². The topological polar surface area (TPSA) is 82.2 Å². The number of benzene rings is 2. The second kappa shape index (κ2) is 9.56. The molecule has 2 aromatic carbocycles. The molecule has 3 aliphatic rings. The van der Waals surface area contributed by atoms with Gasteiger partial charge in [0.25, 0.3) is 0 Å². The number of carbonyl (C=O) groups excluding carboxylic acids is 1. The van der Waals surface area contributed by atoms with Crippen molar-refractivity contribution in [3.63, 3.8) is 0 Å². The molecule has 1 unspecified atom stereocenters. The van der Waals surface area contributed by atoms with Crippen molar-refractivity contribution in [2.24, 2.45) is 0 Å². The number of anilines is 3. The molecule has 0 saturated carbocycles. The molecule has 3 heterocycles. The zero-order valence-corrected chi connectivity index (χ0v) is 20.4. The molecule has 2 aromatic rings. The Hall–Kier alpha value is -2.62. The molecule has 8 nitrogen and oxygen atoms in total. The summed E-state index contributed by atoms with van der Waals surface area (Å²) in [6, 6.07) is 13.4.